The number of hydrogen-bond acceptors (Lipinski definition) is 4. The highest BCUT2D eigenvalue weighted by Gasteiger charge is 2.20. The summed E-state index contributed by atoms with van der Waals surface area (Å²) in [6, 6.07) is 10.5. The predicted octanol–water partition coefficient (Wildman–Crippen LogP) is 4.77. The largest absolute Gasteiger partial charge is 0.483 e. The van der Waals surface area contributed by atoms with E-state index in [1.54, 1.807) is 24.3 Å². The van der Waals surface area contributed by atoms with Crippen LogP contribution in [0.5, 0.6) is 11.5 Å². The maximum Gasteiger partial charge on any atom is 0.276 e. The second-order valence-corrected chi connectivity index (χ2v) is 9.35. The summed E-state index contributed by atoms with van der Waals surface area (Å²) in [4.78, 5) is 23.8. The van der Waals surface area contributed by atoms with Crippen molar-refractivity contribution in [1.29, 1.82) is 0 Å². The molecule has 2 aromatic carbocycles. The number of hydrazine groups is 1. The van der Waals surface area contributed by atoms with Crippen molar-refractivity contribution in [2.24, 2.45) is 0 Å². The second-order valence-electron chi connectivity index (χ2n) is 7.14. The monoisotopic (exact) mass is 546 g/mol. The maximum absolute atomic E-state index is 12.0. The van der Waals surface area contributed by atoms with Gasteiger partial charge in [0.1, 0.15) is 11.5 Å². The number of rotatable bonds is 6. The fourth-order valence-corrected chi connectivity index (χ4v) is 3.46. The molecule has 0 saturated carbocycles. The van der Waals surface area contributed by atoms with Crippen LogP contribution in [-0.2, 0) is 15.0 Å². The standard InChI is InChI=1S/C20H21Br2ClN2O4/c1-20(2,3)14-8-12(21)4-6-16(14)28-10-18(26)24-25-19(27)11-29-17-7-5-13(23)9-15(17)22/h4-9H,10-11H2,1-3H3,(H,24,26)(H,25,27). The molecule has 0 aliphatic rings. The summed E-state index contributed by atoms with van der Waals surface area (Å²) in [5.74, 6) is 0.0651. The Balaban J connectivity index is 1.81. The Bertz CT molecular complexity index is 901. The first-order chi connectivity index (χ1) is 13.6. The number of hydrogen-bond donors (Lipinski definition) is 2. The highest BCUT2D eigenvalue weighted by molar-refractivity contribution is 9.10. The molecule has 0 spiro atoms. The molecular formula is C20H21Br2ClN2O4. The molecule has 0 unspecified atom stereocenters. The van der Waals surface area contributed by atoms with E-state index >= 15 is 0 Å². The summed E-state index contributed by atoms with van der Waals surface area (Å²) in [5, 5.41) is 0.543. The van der Waals surface area contributed by atoms with E-state index in [-0.39, 0.29) is 18.6 Å². The van der Waals surface area contributed by atoms with Crippen LogP contribution in [-0.4, -0.2) is 25.0 Å². The molecule has 6 nitrogen and oxygen atoms in total. The van der Waals surface area contributed by atoms with Crippen LogP contribution < -0.4 is 20.3 Å². The van der Waals surface area contributed by atoms with Crippen molar-refractivity contribution in [1.82, 2.24) is 10.9 Å². The topological polar surface area (TPSA) is 76.7 Å². The lowest BCUT2D eigenvalue weighted by Crippen LogP contribution is -2.45. The van der Waals surface area contributed by atoms with Gasteiger partial charge < -0.3 is 9.47 Å². The van der Waals surface area contributed by atoms with Gasteiger partial charge in [0.05, 0.1) is 4.47 Å². The molecule has 0 radical (unpaired) electrons. The Morgan fingerprint density at radius 1 is 0.931 bits per heavy atom. The van der Waals surface area contributed by atoms with E-state index in [2.05, 4.69) is 63.5 Å². The molecule has 29 heavy (non-hydrogen) atoms. The average molecular weight is 549 g/mol. The molecule has 0 atom stereocenters. The predicted molar refractivity (Wildman–Crippen MR) is 119 cm³/mol. The van der Waals surface area contributed by atoms with Crippen molar-refractivity contribution in [2.75, 3.05) is 13.2 Å². The fraction of sp³-hybridized carbons (Fsp3) is 0.300. The zero-order valence-corrected chi connectivity index (χ0v) is 20.1. The number of ether oxygens (including phenoxy) is 2. The van der Waals surface area contributed by atoms with Crippen LogP contribution in [0, 0.1) is 0 Å². The molecule has 0 aromatic heterocycles. The van der Waals surface area contributed by atoms with E-state index in [4.69, 9.17) is 21.1 Å². The molecular weight excluding hydrogens is 527 g/mol. The molecule has 0 aliphatic heterocycles. The van der Waals surface area contributed by atoms with E-state index in [1.165, 1.54) is 0 Å². The van der Waals surface area contributed by atoms with E-state index < -0.39 is 11.8 Å². The third-order valence-corrected chi connectivity index (χ3v) is 5.05. The number of halogens is 3. The van der Waals surface area contributed by atoms with Gasteiger partial charge in [-0.3, -0.25) is 20.4 Å². The van der Waals surface area contributed by atoms with Gasteiger partial charge in [0, 0.05) is 15.1 Å². The van der Waals surface area contributed by atoms with Gasteiger partial charge in [0.2, 0.25) is 0 Å². The third-order valence-electron chi connectivity index (χ3n) is 3.70. The lowest BCUT2D eigenvalue weighted by atomic mass is 9.86. The van der Waals surface area contributed by atoms with Gasteiger partial charge >= 0.3 is 0 Å². The SMILES string of the molecule is CC(C)(C)c1cc(Br)ccc1OCC(=O)NNC(=O)COc1ccc(Cl)cc1Br. The quantitative estimate of drug-likeness (QED) is 0.510. The first-order valence-corrected chi connectivity index (χ1v) is 10.6. The average Bonchev–Trinajstić information content (AvgIpc) is 2.63. The Morgan fingerprint density at radius 3 is 2.03 bits per heavy atom. The van der Waals surface area contributed by atoms with Gasteiger partial charge in [-0.2, -0.15) is 0 Å². The molecule has 2 N–H and O–H groups in total. The van der Waals surface area contributed by atoms with Gasteiger partial charge in [-0.05, 0) is 57.7 Å². The normalized spacial score (nSPS) is 11.0. The minimum Gasteiger partial charge on any atom is -0.483 e. The second kappa shape index (κ2) is 10.3. The highest BCUT2D eigenvalue weighted by atomic mass is 79.9. The molecule has 0 aliphatic carbocycles. The Hall–Kier alpha value is -1.77. The Morgan fingerprint density at radius 2 is 1.48 bits per heavy atom. The molecule has 0 fully saturated rings. The van der Waals surface area contributed by atoms with Crippen molar-refractivity contribution < 1.29 is 19.1 Å². The maximum atomic E-state index is 12.0. The minimum atomic E-state index is -0.515. The number of carbonyl (C=O) groups excluding carboxylic acids is 2. The zero-order valence-electron chi connectivity index (χ0n) is 16.1. The van der Waals surface area contributed by atoms with Crippen LogP contribution in [0.1, 0.15) is 26.3 Å². The molecule has 2 rings (SSSR count). The van der Waals surface area contributed by atoms with Crippen LogP contribution in [0.3, 0.4) is 0 Å². The summed E-state index contributed by atoms with van der Waals surface area (Å²) in [6.45, 7) is 5.65. The van der Waals surface area contributed by atoms with Crippen molar-refractivity contribution in [3.8, 4) is 11.5 Å². The van der Waals surface area contributed by atoms with E-state index in [9.17, 15) is 9.59 Å². The van der Waals surface area contributed by atoms with Crippen molar-refractivity contribution in [3.63, 3.8) is 0 Å². The molecule has 0 saturated heterocycles. The van der Waals surface area contributed by atoms with Gasteiger partial charge in [0.15, 0.2) is 13.2 Å². The van der Waals surface area contributed by atoms with E-state index in [0.29, 0.717) is 21.0 Å². The van der Waals surface area contributed by atoms with Gasteiger partial charge in [-0.25, -0.2) is 0 Å². The Labute approximate surface area is 191 Å². The van der Waals surface area contributed by atoms with Gasteiger partial charge in [-0.1, -0.05) is 48.3 Å². The summed E-state index contributed by atoms with van der Waals surface area (Å²) in [7, 11) is 0. The van der Waals surface area contributed by atoms with Crippen LogP contribution in [0.15, 0.2) is 45.3 Å². The fourth-order valence-electron chi connectivity index (χ4n) is 2.30. The molecule has 2 amide bonds. The number of nitrogens with one attached hydrogen (secondary N) is 2. The molecule has 2 aromatic rings. The molecule has 0 bridgehead atoms. The van der Waals surface area contributed by atoms with Crippen LogP contribution in [0.25, 0.3) is 0 Å². The number of amides is 2. The number of carbonyl (C=O) groups is 2. The first-order valence-electron chi connectivity index (χ1n) is 8.64. The summed E-state index contributed by atoms with van der Waals surface area (Å²) in [5.41, 5.74) is 5.39. The third kappa shape index (κ3) is 7.53. The summed E-state index contributed by atoms with van der Waals surface area (Å²) >= 11 is 12.6. The van der Waals surface area contributed by atoms with Crippen LogP contribution >= 0.6 is 43.5 Å². The lowest BCUT2D eigenvalue weighted by molar-refractivity contribution is -0.131. The van der Waals surface area contributed by atoms with Crippen molar-refractivity contribution >= 4 is 55.3 Å². The number of benzene rings is 2. The Kier molecular flexibility index (Phi) is 8.36. The van der Waals surface area contributed by atoms with Crippen molar-refractivity contribution in [2.45, 2.75) is 26.2 Å². The molecule has 0 heterocycles. The van der Waals surface area contributed by atoms with Crippen LogP contribution in [0.2, 0.25) is 5.02 Å². The zero-order chi connectivity index (χ0) is 21.6. The van der Waals surface area contributed by atoms with Crippen LogP contribution in [0.4, 0.5) is 0 Å². The van der Waals surface area contributed by atoms with E-state index in [0.717, 1.165) is 10.0 Å². The highest BCUT2D eigenvalue weighted by Crippen LogP contribution is 2.33. The molecule has 156 valence electrons. The summed E-state index contributed by atoms with van der Waals surface area (Å²) < 4.78 is 12.6. The van der Waals surface area contributed by atoms with Crippen molar-refractivity contribution in [3.05, 3.63) is 55.9 Å². The first kappa shape index (κ1) is 23.5. The lowest BCUT2D eigenvalue weighted by Gasteiger charge is -2.23. The van der Waals surface area contributed by atoms with Gasteiger partial charge in [-0.15, -0.1) is 0 Å². The smallest absolute Gasteiger partial charge is 0.276 e. The van der Waals surface area contributed by atoms with Gasteiger partial charge in [0.25, 0.3) is 11.8 Å². The van der Waals surface area contributed by atoms with E-state index in [1.807, 2.05) is 12.1 Å². The minimum absolute atomic E-state index is 0.156. The summed E-state index contributed by atoms with van der Waals surface area (Å²) in [6.07, 6.45) is 0. The molecule has 9 heteroatoms.